The molecule has 0 aliphatic carbocycles. The van der Waals surface area contributed by atoms with Crippen molar-refractivity contribution in [3.05, 3.63) is 59.7 Å². The third kappa shape index (κ3) is 3.50. The minimum absolute atomic E-state index is 0.241. The first-order chi connectivity index (χ1) is 9.06. The van der Waals surface area contributed by atoms with Crippen molar-refractivity contribution in [1.82, 2.24) is 0 Å². The summed E-state index contributed by atoms with van der Waals surface area (Å²) >= 11 is 0. The van der Waals surface area contributed by atoms with Crippen molar-refractivity contribution < 1.29 is 5.11 Å². The maximum Gasteiger partial charge on any atom is 0.115 e. The van der Waals surface area contributed by atoms with Crippen molar-refractivity contribution in [2.24, 2.45) is 0 Å². The fourth-order valence-corrected chi connectivity index (χ4v) is 2.06. The number of anilines is 1. The molecule has 0 bridgehead atoms. The normalized spacial score (nSPS) is 12.4. The number of nitrogens with one attached hydrogen (secondary N) is 1. The zero-order valence-corrected chi connectivity index (χ0v) is 11.7. The van der Waals surface area contributed by atoms with Gasteiger partial charge in [0.15, 0.2) is 0 Å². The van der Waals surface area contributed by atoms with Crippen LogP contribution in [0, 0.1) is 0 Å². The van der Waals surface area contributed by atoms with Gasteiger partial charge < -0.3 is 10.4 Å². The summed E-state index contributed by atoms with van der Waals surface area (Å²) in [5, 5.41) is 12.7. The van der Waals surface area contributed by atoms with Crippen LogP contribution < -0.4 is 5.32 Å². The topological polar surface area (TPSA) is 32.3 Å². The molecule has 1 unspecified atom stereocenters. The van der Waals surface area contributed by atoms with E-state index in [0.717, 1.165) is 5.69 Å². The molecule has 2 N–H and O–H groups in total. The smallest absolute Gasteiger partial charge is 0.115 e. The van der Waals surface area contributed by atoms with Gasteiger partial charge in [-0.05, 0) is 48.2 Å². The zero-order chi connectivity index (χ0) is 13.8. The van der Waals surface area contributed by atoms with E-state index in [-0.39, 0.29) is 6.04 Å². The van der Waals surface area contributed by atoms with Gasteiger partial charge in [0.1, 0.15) is 5.75 Å². The van der Waals surface area contributed by atoms with Gasteiger partial charge in [-0.3, -0.25) is 0 Å². The van der Waals surface area contributed by atoms with E-state index in [1.807, 2.05) is 12.1 Å². The first-order valence-electron chi connectivity index (χ1n) is 6.71. The van der Waals surface area contributed by atoms with Crippen LogP contribution >= 0.6 is 0 Å². The van der Waals surface area contributed by atoms with Gasteiger partial charge in [-0.15, -0.1) is 0 Å². The summed E-state index contributed by atoms with van der Waals surface area (Å²) in [6, 6.07) is 16.1. The first-order valence-corrected chi connectivity index (χ1v) is 6.71. The summed E-state index contributed by atoms with van der Waals surface area (Å²) in [7, 11) is 0. The zero-order valence-electron chi connectivity index (χ0n) is 11.7. The molecule has 100 valence electrons. The number of phenols is 1. The quantitative estimate of drug-likeness (QED) is 0.777. The van der Waals surface area contributed by atoms with E-state index in [1.165, 1.54) is 11.1 Å². The van der Waals surface area contributed by atoms with Gasteiger partial charge in [0.05, 0.1) is 0 Å². The Labute approximate surface area is 115 Å². The van der Waals surface area contributed by atoms with Crippen LogP contribution in [0.2, 0.25) is 0 Å². The molecule has 2 aromatic rings. The summed E-state index contributed by atoms with van der Waals surface area (Å²) in [6.07, 6.45) is 0. The van der Waals surface area contributed by atoms with Crippen LogP contribution in [0.3, 0.4) is 0 Å². The maximum atomic E-state index is 9.26. The lowest BCUT2D eigenvalue weighted by Gasteiger charge is -2.16. The van der Waals surface area contributed by atoms with E-state index < -0.39 is 0 Å². The molecule has 0 amide bonds. The van der Waals surface area contributed by atoms with Crippen LogP contribution in [0.15, 0.2) is 48.5 Å². The molecule has 2 aromatic carbocycles. The second-order valence-corrected chi connectivity index (χ2v) is 5.23. The molecule has 0 spiro atoms. The van der Waals surface area contributed by atoms with E-state index in [9.17, 15) is 5.11 Å². The van der Waals surface area contributed by atoms with Crippen LogP contribution in [-0.2, 0) is 0 Å². The minimum Gasteiger partial charge on any atom is -0.508 e. The minimum atomic E-state index is 0.241. The third-order valence-corrected chi connectivity index (χ3v) is 3.35. The summed E-state index contributed by atoms with van der Waals surface area (Å²) in [5.74, 6) is 0.855. The monoisotopic (exact) mass is 255 g/mol. The average Bonchev–Trinajstić information content (AvgIpc) is 2.41. The molecular weight excluding hydrogens is 234 g/mol. The van der Waals surface area contributed by atoms with E-state index in [4.69, 9.17) is 0 Å². The van der Waals surface area contributed by atoms with Gasteiger partial charge in [0.25, 0.3) is 0 Å². The van der Waals surface area contributed by atoms with Gasteiger partial charge in [0.2, 0.25) is 0 Å². The second kappa shape index (κ2) is 5.79. The highest BCUT2D eigenvalue weighted by atomic mass is 16.3. The molecule has 0 saturated heterocycles. The van der Waals surface area contributed by atoms with Crippen molar-refractivity contribution in [2.45, 2.75) is 32.7 Å². The molecule has 0 aromatic heterocycles. The molecule has 2 heteroatoms. The van der Waals surface area contributed by atoms with Crippen LogP contribution in [0.4, 0.5) is 5.69 Å². The molecule has 0 radical (unpaired) electrons. The molecule has 0 saturated carbocycles. The molecule has 2 rings (SSSR count). The lowest BCUT2D eigenvalue weighted by molar-refractivity contribution is 0.475. The highest BCUT2D eigenvalue weighted by Gasteiger charge is 2.06. The molecular formula is C17H21NO. The number of hydrogen-bond acceptors (Lipinski definition) is 2. The third-order valence-electron chi connectivity index (χ3n) is 3.35. The Morgan fingerprint density at radius 3 is 1.84 bits per heavy atom. The largest absolute Gasteiger partial charge is 0.508 e. The van der Waals surface area contributed by atoms with Gasteiger partial charge in [-0.2, -0.15) is 0 Å². The Balaban J connectivity index is 2.07. The maximum absolute atomic E-state index is 9.26. The Kier molecular flexibility index (Phi) is 4.10. The van der Waals surface area contributed by atoms with E-state index in [1.54, 1.807) is 12.1 Å². The SMILES string of the molecule is CC(C)c1ccc(C(C)Nc2ccc(O)cc2)cc1. The first kappa shape index (κ1) is 13.5. The van der Waals surface area contributed by atoms with E-state index in [2.05, 4.69) is 50.4 Å². The highest BCUT2D eigenvalue weighted by molar-refractivity contribution is 5.48. The summed E-state index contributed by atoms with van der Waals surface area (Å²) in [5.41, 5.74) is 3.64. The highest BCUT2D eigenvalue weighted by Crippen LogP contribution is 2.23. The Hall–Kier alpha value is -1.96. The van der Waals surface area contributed by atoms with Crippen molar-refractivity contribution in [1.29, 1.82) is 0 Å². The standard InChI is InChI=1S/C17H21NO/c1-12(2)14-4-6-15(7-5-14)13(3)18-16-8-10-17(19)11-9-16/h4-13,18-19H,1-3H3. The van der Waals surface area contributed by atoms with Crippen LogP contribution in [0.5, 0.6) is 5.75 Å². The van der Waals surface area contributed by atoms with Crippen LogP contribution in [0.25, 0.3) is 0 Å². The predicted molar refractivity (Wildman–Crippen MR) is 80.7 cm³/mol. The molecule has 19 heavy (non-hydrogen) atoms. The molecule has 0 fully saturated rings. The number of phenolic OH excluding ortho intramolecular Hbond substituents is 1. The number of benzene rings is 2. The molecule has 2 nitrogen and oxygen atoms in total. The fourth-order valence-electron chi connectivity index (χ4n) is 2.06. The second-order valence-electron chi connectivity index (χ2n) is 5.23. The van der Waals surface area contributed by atoms with Crippen molar-refractivity contribution >= 4 is 5.69 Å². The van der Waals surface area contributed by atoms with Gasteiger partial charge in [-0.25, -0.2) is 0 Å². The Morgan fingerprint density at radius 2 is 1.32 bits per heavy atom. The van der Waals surface area contributed by atoms with Gasteiger partial charge in [-0.1, -0.05) is 38.1 Å². The Morgan fingerprint density at radius 1 is 0.789 bits per heavy atom. The number of rotatable bonds is 4. The summed E-state index contributed by atoms with van der Waals surface area (Å²) < 4.78 is 0. The van der Waals surface area contributed by atoms with Gasteiger partial charge >= 0.3 is 0 Å². The number of hydrogen-bond donors (Lipinski definition) is 2. The van der Waals surface area contributed by atoms with Gasteiger partial charge in [0, 0.05) is 11.7 Å². The van der Waals surface area contributed by atoms with Crippen LogP contribution in [-0.4, -0.2) is 5.11 Å². The van der Waals surface area contributed by atoms with E-state index >= 15 is 0 Å². The number of aromatic hydroxyl groups is 1. The van der Waals surface area contributed by atoms with Crippen molar-refractivity contribution in [3.8, 4) is 5.75 Å². The molecule has 0 heterocycles. The van der Waals surface area contributed by atoms with Crippen molar-refractivity contribution in [2.75, 3.05) is 5.32 Å². The van der Waals surface area contributed by atoms with E-state index in [0.29, 0.717) is 11.7 Å². The average molecular weight is 255 g/mol. The van der Waals surface area contributed by atoms with Crippen molar-refractivity contribution in [3.63, 3.8) is 0 Å². The lowest BCUT2D eigenvalue weighted by Crippen LogP contribution is -2.06. The summed E-state index contributed by atoms with van der Waals surface area (Å²) in [4.78, 5) is 0. The lowest BCUT2D eigenvalue weighted by atomic mass is 9.99. The Bertz CT molecular complexity index is 514. The fraction of sp³-hybridized carbons (Fsp3) is 0.294. The molecule has 0 aliphatic heterocycles. The molecule has 1 atom stereocenters. The van der Waals surface area contributed by atoms with Crippen LogP contribution in [0.1, 0.15) is 43.9 Å². The molecule has 0 aliphatic rings. The summed E-state index contributed by atoms with van der Waals surface area (Å²) in [6.45, 7) is 6.54. The predicted octanol–water partition coefficient (Wildman–Crippen LogP) is 4.69.